The van der Waals surface area contributed by atoms with E-state index in [4.69, 9.17) is 28.4 Å². The van der Waals surface area contributed by atoms with Gasteiger partial charge < -0.3 is 86.7 Å². The molecule has 0 saturated heterocycles. The van der Waals surface area contributed by atoms with Crippen LogP contribution >= 0.6 is 0 Å². The van der Waals surface area contributed by atoms with Gasteiger partial charge in [0.15, 0.2) is 114 Å². The number of alkyl halides is 36. The second-order valence-corrected chi connectivity index (χ2v) is 24.3. The number of nitrogens with zero attached hydrogens (tertiary/aromatic N) is 9. The predicted octanol–water partition coefficient (Wildman–Crippen LogP) is 18.7. The Bertz CT molecular complexity index is 5570. The van der Waals surface area contributed by atoms with Crippen molar-refractivity contribution >= 4 is 49.8 Å². The Morgan fingerprint density at radius 3 is 0.718 bits per heavy atom. The topological polar surface area (TPSA) is 259 Å². The molecule has 2 aliphatic heterocycles. The van der Waals surface area contributed by atoms with Crippen molar-refractivity contribution in [2.24, 2.45) is 0 Å². The van der Waals surface area contributed by atoms with Crippen LogP contribution in [0.3, 0.4) is 0 Å². The summed E-state index contributed by atoms with van der Waals surface area (Å²) >= 11 is 0. The van der Waals surface area contributed by atoms with E-state index in [9.17, 15) is 168 Å². The number of non-ortho nitro benzene ring substituents is 1. The van der Waals surface area contributed by atoms with Gasteiger partial charge in [0.1, 0.15) is 0 Å². The van der Waals surface area contributed by atoms with Gasteiger partial charge in [-0.2, -0.15) is 158 Å². The summed E-state index contributed by atoms with van der Waals surface area (Å²) in [6.07, 6.45) is -72.3. The first-order valence-electron chi connectivity index (χ1n) is 31.9. The van der Waals surface area contributed by atoms with Crippen LogP contribution in [0.15, 0.2) is 42.5 Å². The number of fused-ring (bicyclic) bond motifs is 20. The summed E-state index contributed by atoms with van der Waals surface area (Å²) in [5.41, 5.74) is -16.9. The first-order valence-corrected chi connectivity index (χ1v) is 31.9. The quantitative estimate of drug-likeness (QED) is 0.0169. The third kappa shape index (κ3) is 25.2. The number of nitro groups is 1. The van der Waals surface area contributed by atoms with Crippen molar-refractivity contribution in [3.05, 3.63) is 63.7 Å². The maximum Gasteiger partial charge on any atom is 2.00 e. The van der Waals surface area contributed by atoms with Gasteiger partial charge in [0.05, 0.1) is 50.5 Å². The number of nitro benzene ring substituents is 1. The first kappa shape index (κ1) is 96.0. The van der Waals surface area contributed by atoms with Gasteiger partial charge in [0.2, 0.25) is 34.5 Å². The van der Waals surface area contributed by atoms with Crippen molar-refractivity contribution in [3.63, 3.8) is 0 Å². The van der Waals surface area contributed by atoms with Crippen molar-refractivity contribution in [1.82, 2.24) is 39.9 Å². The molecule has 8 aromatic rings. The fraction of sp³-hybridized carbons (Fsp3) is 0.375. The van der Waals surface area contributed by atoms with E-state index in [1.54, 1.807) is 0 Å². The van der Waals surface area contributed by atoms with Crippen molar-refractivity contribution in [2.45, 2.75) is 74.1 Å². The number of hydrogen-bond acceptors (Lipinski definition) is 20. The molecule has 0 amide bonds. The van der Waals surface area contributed by atoms with Gasteiger partial charge in [-0.25, -0.2) is 9.97 Å². The monoisotopic (exact) mass is 1900 g/mol. The zero-order chi connectivity index (χ0) is 91.5. The van der Waals surface area contributed by atoms with E-state index in [1.807, 2.05) is 0 Å². The Hall–Kier alpha value is -11.9. The molecule has 0 unspecified atom stereocenters. The standard InChI is InChI=1S/C64H31F36N9O14.Zn/c65-53(66,67)10-112-33-27-29(35(114-12-55(71,72)73)41(120-18-61(89,90)91)39(33)118-16-59(83,84)85)49-104-47(27)102-45-25-8-5-23(2-1-22-3-6-24(7-4-22)109(110)111)9-26(25)46(101-45)103-48-28-30(36(115-13-56(74,75)76)42(121-19-62(92,93)94)40(119-17-60(86,87)88)34(28)113-11-54(68,69)70)50(105-48)107-52-32-31(51(106-49)108-52)37(116-14-57(77,78)79)43(122-20-63(95,96)97)44(123-21-64(98,99)100)38(32)117-15-58(80,81)82;/h3-9H,10-21H2;/q-2;+2. The molecule has 124 heavy (non-hydrogen) atoms. The van der Waals surface area contributed by atoms with Gasteiger partial charge in [0, 0.05) is 56.6 Å². The Morgan fingerprint density at radius 2 is 0.468 bits per heavy atom. The molecule has 5 aromatic carbocycles. The molecule has 0 fully saturated rings. The first-order chi connectivity index (χ1) is 56.2. The van der Waals surface area contributed by atoms with Gasteiger partial charge in [-0.05, 0) is 35.0 Å². The van der Waals surface area contributed by atoms with Gasteiger partial charge >= 0.3 is 93.6 Å². The average molecular weight is 1900 g/mol. The molecule has 0 radical (unpaired) electrons. The molecule has 2 aliphatic rings. The van der Waals surface area contributed by atoms with E-state index in [2.05, 4.69) is 80.1 Å². The Morgan fingerprint density at radius 1 is 0.266 bits per heavy atom. The number of rotatable bonds is 25. The molecular formula is C64H31F36N9O14Zn. The van der Waals surface area contributed by atoms with Crippen molar-refractivity contribution in [3.8, 4) is 126 Å². The summed E-state index contributed by atoms with van der Waals surface area (Å²) in [5, 5.41) is 5.07. The smallest absolute Gasteiger partial charge is 0.479 e. The molecule has 3 aromatic heterocycles. The maximum atomic E-state index is 14.8. The van der Waals surface area contributed by atoms with Crippen molar-refractivity contribution in [1.29, 1.82) is 0 Å². The Labute approximate surface area is 670 Å². The largest absolute Gasteiger partial charge is 2.00 e. The van der Waals surface area contributed by atoms with Crippen LogP contribution < -0.4 is 66.8 Å². The molecule has 5 heterocycles. The molecule has 0 saturated carbocycles. The van der Waals surface area contributed by atoms with E-state index in [0.29, 0.717) is 12.1 Å². The van der Waals surface area contributed by atoms with Crippen LogP contribution in [0.1, 0.15) is 11.1 Å². The van der Waals surface area contributed by atoms with Gasteiger partial charge in [-0.1, -0.05) is 17.9 Å². The van der Waals surface area contributed by atoms with Crippen molar-refractivity contribution in [2.75, 3.05) is 79.3 Å². The second-order valence-electron chi connectivity index (χ2n) is 24.3. The molecule has 0 spiro atoms. The summed E-state index contributed by atoms with van der Waals surface area (Å²) in [7, 11) is 0. The van der Waals surface area contributed by atoms with E-state index < -0.39 is 328 Å². The molecule has 0 N–H and O–H groups in total. The second kappa shape index (κ2) is 34.7. The zero-order valence-corrected chi connectivity index (χ0v) is 62.0. The molecule has 60 heteroatoms. The summed E-state index contributed by atoms with van der Waals surface area (Å²) in [6.45, 7) is -37.4. The number of hydrogen-bond donors (Lipinski definition) is 0. The third-order valence-electron chi connectivity index (χ3n) is 14.5. The molecular weight excluding hydrogens is 1870 g/mol. The molecule has 0 atom stereocenters. The maximum absolute atomic E-state index is 14.8. The SMILES string of the molecule is O=[N+]([O-])c1ccc(C#Cc2ccc3c4nc5nc(nc6[n-]c(nc7nc(nc([n-]4)c3c2)-c2c(OCC(F)(F)F)c(OCC(F)(F)F)c(OCC(F)(F)F)c(OCC(F)(F)F)c2-7)c2c(OCC(F)(F)F)c(OCC(F)(F)F)c(OCC(F)(F)F)c(OCC(F)(F)F)c62)-c2c(OCC(F)(F)F)c(OCC(F)(F)F)c(OCC(F)(F)F)c(OCC(F)(F)F)c2-5)cc1.[Zn+2]. The number of ether oxygens (including phenoxy) is 12. The molecule has 8 bridgehead atoms. The van der Waals surface area contributed by atoms with Crippen LogP contribution in [0.4, 0.5) is 164 Å². The molecule has 23 nitrogen and oxygen atoms in total. The van der Waals surface area contributed by atoms with Crippen LogP contribution in [-0.2, 0) is 19.5 Å². The minimum absolute atomic E-state index is 0. The van der Waals surface area contributed by atoms with E-state index in [-0.39, 0.29) is 25.0 Å². The summed E-state index contributed by atoms with van der Waals surface area (Å²) < 4.78 is 581. The van der Waals surface area contributed by atoms with Crippen molar-refractivity contribution < 1.29 is 239 Å². The average Bonchev–Trinajstić information content (AvgIpc) is 1.55. The van der Waals surface area contributed by atoms with Crippen LogP contribution in [0.2, 0.25) is 0 Å². The van der Waals surface area contributed by atoms with E-state index in [1.165, 1.54) is 0 Å². The van der Waals surface area contributed by atoms with Gasteiger partial charge in [-0.15, -0.1) is 0 Å². The van der Waals surface area contributed by atoms with Crippen LogP contribution in [0.5, 0.6) is 69.0 Å². The summed E-state index contributed by atoms with van der Waals surface area (Å²) in [6, 6.07) is 5.89. The van der Waals surface area contributed by atoms with Crippen LogP contribution in [-0.4, -0.2) is 188 Å². The summed E-state index contributed by atoms with van der Waals surface area (Å²) in [5.74, 6) is -32.9. The normalized spacial score (nSPS) is 13.2. The number of halogens is 36. The number of aromatic nitrogens is 8. The fourth-order valence-corrected chi connectivity index (χ4v) is 10.4. The minimum atomic E-state index is -6.12. The molecule has 10 rings (SSSR count). The number of benzene rings is 5. The van der Waals surface area contributed by atoms with E-state index in [0.717, 1.165) is 30.3 Å². The van der Waals surface area contributed by atoms with Crippen LogP contribution in [0, 0.1) is 22.0 Å². The van der Waals surface area contributed by atoms with Crippen LogP contribution in [0.25, 0.3) is 89.7 Å². The minimum Gasteiger partial charge on any atom is -0.479 e. The molecule has 0 aliphatic carbocycles. The Kier molecular flexibility index (Phi) is 26.8. The Balaban J connectivity index is 0.0000174. The third-order valence-corrected chi connectivity index (χ3v) is 14.5. The molecule has 670 valence electrons. The predicted molar refractivity (Wildman–Crippen MR) is 332 cm³/mol. The van der Waals surface area contributed by atoms with Gasteiger partial charge in [0.25, 0.3) is 5.69 Å². The zero-order valence-electron chi connectivity index (χ0n) is 59.1. The van der Waals surface area contributed by atoms with E-state index >= 15 is 0 Å². The summed E-state index contributed by atoms with van der Waals surface area (Å²) in [4.78, 5) is 41.0. The fourth-order valence-electron chi connectivity index (χ4n) is 10.4. The van der Waals surface area contributed by atoms with Gasteiger partial charge in [-0.3, -0.25) is 10.1 Å².